The number of halogens is 1. The minimum Gasteiger partial charge on any atom is -0.496 e. The van der Waals surface area contributed by atoms with Crippen molar-refractivity contribution in [2.24, 2.45) is 0 Å². The molecule has 1 aliphatic rings. The molecule has 1 fully saturated rings. The Kier molecular flexibility index (Phi) is 5.63. The SMILES string of the molecule is COc1cc(C(=O)O)ccc1C(C)N1CCCC1.Cl. The Balaban J connectivity index is 0.00000180. The number of carbonyl (C=O) groups is 1. The average molecular weight is 286 g/mol. The number of benzene rings is 1. The molecule has 19 heavy (non-hydrogen) atoms. The lowest BCUT2D eigenvalue weighted by atomic mass is 10.0. The fourth-order valence-corrected chi connectivity index (χ4v) is 2.51. The summed E-state index contributed by atoms with van der Waals surface area (Å²) in [6.07, 6.45) is 2.47. The second-order valence-corrected chi connectivity index (χ2v) is 4.68. The molecule has 0 aliphatic carbocycles. The van der Waals surface area contributed by atoms with Gasteiger partial charge in [0.05, 0.1) is 12.7 Å². The minimum absolute atomic E-state index is 0. The molecule has 1 aromatic carbocycles. The van der Waals surface area contributed by atoms with E-state index in [0.717, 1.165) is 18.7 Å². The van der Waals surface area contributed by atoms with Gasteiger partial charge >= 0.3 is 5.97 Å². The Labute approximate surface area is 119 Å². The third-order valence-electron chi connectivity index (χ3n) is 3.62. The van der Waals surface area contributed by atoms with Crippen molar-refractivity contribution in [3.8, 4) is 5.75 Å². The van der Waals surface area contributed by atoms with Crippen LogP contribution in [0.25, 0.3) is 0 Å². The highest BCUT2D eigenvalue weighted by Gasteiger charge is 2.22. The second-order valence-electron chi connectivity index (χ2n) is 4.68. The van der Waals surface area contributed by atoms with Gasteiger partial charge < -0.3 is 9.84 Å². The summed E-state index contributed by atoms with van der Waals surface area (Å²) >= 11 is 0. The number of nitrogens with zero attached hydrogens (tertiary/aromatic N) is 1. The highest BCUT2D eigenvalue weighted by atomic mass is 35.5. The molecule has 0 spiro atoms. The normalized spacial score (nSPS) is 16.7. The van der Waals surface area contributed by atoms with Crippen molar-refractivity contribution in [1.82, 2.24) is 4.90 Å². The summed E-state index contributed by atoms with van der Waals surface area (Å²) in [4.78, 5) is 13.3. The lowest BCUT2D eigenvalue weighted by molar-refractivity contribution is 0.0696. The van der Waals surface area contributed by atoms with Gasteiger partial charge in [0.15, 0.2) is 0 Å². The highest BCUT2D eigenvalue weighted by molar-refractivity contribution is 5.88. The molecule has 1 heterocycles. The second kappa shape index (κ2) is 6.78. The fourth-order valence-electron chi connectivity index (χ4n) is 2.51. The van der Waals surface area contributed by atoms with Crippen LogP contribution in [0.15, 0.2) is 18.2 Å². The first kappa shape index (κ1) is 15.8. The Morgan fingerprint density at radius 1 is 1.37 bits per heavy atom. The van der Waals surface area contributed by atoms with Gasteiger partial charge in [-0.1, -0.05) is 6.07 Å². The van der Waals surface area contributed by atoms with Gasteiger partial charge in [0, 0.05) is 11.6 Å². The van der Waals surface area contributed by atoms with E-state index in [4.69, 9.17) is 9.84 Å². The Bertz CT molecular complexity index is 444. The molecule has 106 valence electrons. The van der Waals surface area contributed by atoms with Crippen LogP contribution >= 0.6 is 12.4 Å². The molecule has 0 saturated carbocycles. The fraction of sp³-hybridized carbons (Fsp3) is 0.500. The number of aromatic carboxylic acids is 1. The largest absolute Gasteiger partial charge is 0.496 e. The van der Waals surface area contributed by atoms with Crippen molar-refractivity contribution in [3.63, 3.8) is 0 Å². The van der Waals surface area contributed by atoms with Crippen molar-refractivity contribution in [3.05, 3.63) is 29.3 Å². The molecule has 5 heteroatoms. The molecular formula is C14H20ClNO3. The molecule has 0 bridgehead atoms. The van der Waals surface area contributed by atoms with Crippen LogP contribution in [0.1, 0.15) is 41.7 Å². The molecule has 0 aromatic heterocycles. The standard InChI is InChI=1S/C14H19NO3.ClH/c1-10(15-7-3-4-8-15)12-6-5-11(14(16)17)9-13(12)18-2;/h5-6,9-10H,3-4,7-8H2,1-2H3,(H,16,17);1H. The number of hydrogen-bond donors (Lipinski definition) is 1. The number of ether oxygens (including phenoxy) is 1. The van der Waals surface area contributed by atoms with Gasteiger partial charge in [0.1, 0.15) is 5.75 Å². The van der Waals surface area contributed by atoms with Gasteiger partial charge in [-0.2, -0.15) is 0 Å². The summed E-state index contributed by atoms with van der Waals surface area (Å²) < 4.78 is 5.33. The lowest BCUT2D eigenvalue weighted by Gasteiger charge is -2.25. The maximum atomic E-state index is 10.9. The zero-order valence-electron chi connectivity index (χ0n) is 11.3. The lowest BCUT2D eigenvalue weighted by Crippen LogP contribution is -2.23. The van der Waals surface area contributed by atoms with E-state index in [0.29, 0.717) is 5.75 Å². The van der Waals surface area contributed by atoms with E-state index in [1.54, 1.807) is 19.2 Å². The molecule has 1 N–H and O–H groups in total. The van der Waals surface area contributed by atoms with E-state index in [2.05, 4.69) is 11.8 Å². The molecule has 1 aliphatic heterocycles. The molecule has 1 atom stereocenters. The van der Waals surface area contributed by atoms with Crippen molar-refractivity contribution in [1.29, 1.82) is 0 Å². The third-order valence-corrected chi connectivity index (χ3v) is 3.62. The van der Waals surface area contributed by atoms with Crippen LogP contribution in [-0.2, 0) is 0 Å². The minimum atomic E-state index is -0.923. The number of rotatable bonds is 4. The van der Waals surface area contributed by atoms with Gasteiger partial charge in [0.25, 0.3) is 0 Å². The van der Waals surface area contributed by atoms with Crippen LogP contribution in [0.2, 0.25) is 0 Å². The summed E-state index contributed by atoms with van der Waals surface area (Å²) in [7, 11) is 1.58. The van der Waals surface area contributed by atoms with Gasteiger partial charge in [0.2, 0.25) is 0 Å². The van der Waals surface area contributed by atoms with E-state index in [1.807, 2.05) is 6.07 Å². The van der Waals surface area contributed by atoms with Gasteiger partial charge in [-0.05, 0) is 45.0 Å². The first-order valence-corrected chi connectivity index (χ1v) is 6.28. The van der Waals surface area contributed by atoms with Crippen LogP contribution in [0.3, 0.4) is 0 Å². The summed E-state index contributed by atoms with van der Waals surface area (Å²) in [5.74, 6) is -0.261. The Morgan fingerprint density at radius 2 is 2.00 bits per heavy atom. The quantitative estimate of drug-likeness (QED) is 0.924. The monoisotopic (exact) mass is 285 g/mol. The number of likely N-dealkylation sites (tertiary alicyclic amines) is 1. The first-order valence-electron chi connectivity index (χ1n) is 6.28. The molecular weight excluding hydrogens is 266 g/mol. The number of methoxy groups -OCH3 is 1. The third kappa shape index (κ3) is 3.39. The summed E-state index contributed by atoms with van der Waals surface area (Å²) in [6, 6.07) is 5.38. The first-order chi connectivity index (χ1) is 8.63. The predicted octanol–water partition coefficient (Wildman–Crippen LogP) is 2.97. The number of carboxylic acids is 1. The van der Waals surface area contributed by atoms with E-state index in [-0.39, 0.29) is 24.0 Å². The van der Waals surface area contributed by atoms with Crippen molar-refractivity contribution in [2.75, 3.05) is 20.2 Å². The molecule has 1 saturated heterocycles. The summed E-state index contributed by atoms with van der Waals surface area (Å²) in [5.41, 5.74) is 1.33. The van der Waals surface area contributed by atoms with Gasteiger partial charge in [-0.3, -0.25) is 4.90 Å². The topological polar surface area (TPSA) is 49.8 Å². The molecule has 0 amide bonds. The van der Waals surface area contributed by atoms with E-state index < -0.39 is 5.97 Å². The maximum absolute atomic E-state index is 10.9. The molecule has 2 rings (SSSR count). The zero-order valence-corrected chi connectivity index (χ0v) is 12.1. The van der Waals surface area contributed by atoms with Crippen LogP contribution < -0.4 is 4.74 Å². The molecule has 4 nitrogen and oxygen atoms in total. The zero-order chi connectivity index (χ0) is 13.1. The molecule has 1 aromatic rings. The van der Waals surface area contributed by atoms with Crippen LogP contribution in [0.4, 0.5) is 0 Å². The van der Waals surface area contributed by atoms with Crippen LogP contribution in [0, 0.1) is 0 Å². The number of hydrogen-bond acceptors (Lipinski definition) is 3. The summed E-state index contributed by atoms with van der Waals surface area (Å²) in [5, 5.41) is 8.98. The highest BCUT2D eigenvalue weighted by Crippen LogP contribution is 2.32. The van der Waals surface area contributed by atoms with E-state index >= 15 is 0 Å². The van der Waals surface area contributed by atoms with Crippen LogP contribution in [0.5, 0.6) is 5.75 Å². The van der Waals surface area contributed by atoms with E-state index in [9.17, 15) is 4.79 Å². The number of carboxylic acid groups (broad SMARTS) is 1. The predicted molar refractivity (Wildman–Crippen MR) is 76.4 cm³/mol. The smallest absolute Gasteiger partial charge is 0.335 e. The molecule has 1 unspecified atom stereocenters. The van der Waals surface area contributed by atoms with E-state index in [1.165, 1.54) is 12.8 Å². The van der Waals surface area contributed by atoms with Crippen molar-refractivity contribution in [2.45, 2.75) is 25.8 Å². The molecule has 0 radical (unpaired) electrons. The van der Waals surface area contributed by atoms with Crippen molar-refractivity contribution >= 4 is 18.4 Å². The maximum Gasteiger partial charge on any atom is 0.335 e. The summed E-state index contributed by atoms with van der Waals surface area (Å²) in [6.45, 7) is 4.35. The van der Waals surface area contributed by atoms with Gasteiger partial charge in [-0.15, -0.1) is 12.4 Å². The Hall–Kier alpha value is -1.26. The Morgan fingerprint density at radius 3 is 2.53 bits per heavy atom. The van der Waals surface area contributed by atoms with Crippen molar-refractivity contribution < 1.29 is 14.6 Å². The average Bonchev–Trinajstić information content (AvgIpc) is 2.90. The van der Waals surface area contributed by atoms with Crippen LogP contribution in [-0.4, -0.2) is 36.2 Å². The van der Waals surface area contributed by atoms with Gasteiger partial charge in [-0.25, -0.2) is 4.79 Å².